The first-order chi connectivity index (χ1) is 11.6. The maximum absolute atomic E-state index is 12.1. The average Bonchev–Trinajstić information content (AvgIpc) is 3.08. The van der Waals surface area contributed by atoms with E-state index in [1.54, 1.807) is 0 Å². The summed E-state index contributed by atoms with van der Waals surface area (Å²) in [5.41, 5.74) is 1.67. The van der Waals surface area contributed by atoms with E-state index in [0.717, 1.165) is 25.0 Å². The number of nitriles is 1. The maximum atomic E-state index is 12.1. The number of aryl methyl sites for hydroxylation is 1. The molecule has 2 amide bonds. The van der Waals surface area contributed by atoms with Crippen molar-refractivity contribution in [3.05, 3.63) is 23.8 Å². The van der Waals surface area contributed by atoms with Crippen LogP contribution < -0.4 is 15.4 Å². The van der Waals surface area contributed by atoms with Crippen LogP contribution in [0.3, 0.4) is 0 Å². The number of nitrogens with one attached hydrogen (secondary N) is 2. The molecule has 0 saturated carbocycles. The molecule has 130 valence electrons. The summed E-state index contributed by atoms with van der Waals surface area (Å²) in [6, 6.07) is 7.23. The number of hydrogen-bond donors (Lipinski definition) is 2. The highest BCUT2D eigenvalue weighted by atomic mass is 16.5. The van der Waals surface area contributed by atoms with Gasteiger partial charge in [-0.3, -0.25) is 0 Å². The topological polar surface area (TPSA) is 83.4 Å². The number of anilines is 1. The Bertz CT molecular complexity index is 592. The third kappa shape index (κ3) is 5.43. The van der Waals surface area contributed by atoms with Crippen molar-refractivity contribution in [1.29, 1.82) is 5.26 Å². The van der Waals surface area contributed by atoms with Crippen LogP contribution in [0.5, 0.6) is 5.75 Å². The minimum absolute atomic E-state index is 0.118. The van der Waals surface area contributed by atoms with Crippen molar-refractivity contribution in [2.75, 3.05) is 18.5 Å². The Balaban J connectivity index is 1.97. The summed E-state index contributed by atoms with van der Waals surface area (Å²) in [4.78, 5) is 12.1. The number of carbonyl (C=O) groups is 1. The number of carbonyl (C=O) groups excluding carboxylic acids is 1. The number of nitrogens with zero attached hydrogens (tertiary/aromatic N) is 1. The van der Waals surface area contributed by atoms with Crippen LogP contribution in [0, 0.1) is 18.3 Å². The van der Waals surface area contributed by atoms with Gasteiger partial charge < -0.3 is 20.1 Å². The zero-order valence-corrected chi connectivity index (χ0v) is 14.3. The summed E-state index contributed by atoms with van der Waals surface area (Å²) >= 11 is 0. The summed E-state index contributed by atoms with van der Waals surface area (Å²) in [5, 5.41) is 14.4. The Hall–Kier alpha value is -2.26. The van der Waals surface area contributed by atoms with Gasteiger partial charge in [0.15, 0.2) is 0 Å². The third-order valence-corrected chi connectivity index (χ3v) is 4.00. The summed E-state index contributed by atoms with van der Waals surface area (Å²) in [5.74, 6) is 0.633. The standard InChI is InChI=1S/C18H25N3O3/c1-3-14(8-9-19)20-18(22)21-16-7-6-13(2)11-17(16)24-12-15-5-4-10-23-15/h6-7,11,14-15H,3-5,8,10,12H2,1-2H3,(H2,20,21,22)/t14-,15+/m1/s1. The molecule has 6 heteroatoms. The molecule has 1 saturated heterocycles. The van der Waals surface area contributed by atoms with Crippen LogP contribution in [-0.4, -0.2) is 31.4 Å². The van der Waals surface area contributed by atoms with E-state index in [2.05, 4.69) is 16.7 Å². The van der Waals surface area contributed by atoms with Crippen LogP contribution in [0.4, 0.5) is 10.5 Å². The van der Waals surface area contributed by atoms with Crippen molar-refractivity contribution in [1.82, 2.24) is 5.32 Å². The molecule has 0 aromatic heterocycles. The zero-order valence-electron chi connectivity index (χ0n) is 14.3. The van der Waals surface area contributed by atoms with Crippen LogP contribution in [-0.2, 0) is 4.74 Å². The molecular formula is C18H25N3O3. The number of hydrogen-bond acceptors (Lipinski definition) is 4. The highest BCUT2D eigenvalue weighted by Crippen LogP contribution is 2.27. The van der Waals surface area contributed by atoms with Gasteiger partial charge in [-0.25, -0.2) is 4.79 Å². The first-order valence-corrected chi connectivity index (χ1v) is 8.42. The Morgan fingerprint density at radius 2 is 2.38 bits per heavy atom. The lowest BCUT2D eigenvalue weighted by Crippen LogP contribution is -2.37. The number of rotatable bonds is 7. The summed E-state index contributed by atoms with van der Waals surface area (Å²) in [6.07, 6.45) is 3.18. The van der Waals surface area contributed by atoms with E-state index in [0.29, 0.717) is 30.9 Å². The molecular weight excluding hydrogens is 306 g/mol. The van der Waals surface area contributed by atoms with E-state index in [1.165, 1.54) is 0 Å². The van der Waals surface area contributed by atoms with Crippen molar-refractivity contribution in [2.45, 2.75) is 51.7 Å². The molecule has 0 aliphatic carbocycles. The monoisotopic (exact) mass is 331 g/mol. The third-order valence-electron chi connectivity index (χ3n) is 4.00. The molecule has 1 aliphatic heterocycles. The summed E-state index contributed by atoms with van der Waals surface area (Å²) in [7, 11) is 0. The highest BCUT2D eigenvalue weighted by Gasteiger charge is 2.18. The summed E-state index contributed by atoms with van der Waals surface area (Å²) in [6.45, 7) is 5.17. The predicted octanol–water partition coefficient (Wildman–Crippen LogP) is 3.37. The number of benzene rings is 1. The van der Waals surface area contributed by atoms with Gasteiger partial charge in [0, 0.05) is 12.6 Å². The van der Waals surface area contributed by atoms with Crippen LogP contribution in [0.25, 0.3) is 0 Å². The van der Waals surface area contributed by atoms with Gasteiger partial charge in [0.05, 0.1) is 24.3 Å². The molecule has 24 heavy (non-hydrogen) atoms. The van der Waals surface area contributed by atoms with Crippen LogP contribution in [0.15, 0.2) is 18.2 Å². The predicted molar refractivity (Wildman–Crippen MR) is 92.1 cm³/mol. The molecule has 0 unspecified atom stereocenters. The van der Waals surface area contributed by atoms with Gasteiger partial charge in [-0.15, -0.1) is 0 Å². The van der Waals surface area contributed by atoms with Crippen molar-refractivity contribution >= 4 is 11.7 Å². The lowest BCUT2D eigenvalue weighted by atomic mass is 10.2. The molecule has 1 aliphatic rings. The molecule has 0 spiro atoms. The number of amides is 2. The van der Waals surface area contributed by atoms with E-state index < -0.39 is 0 Å². The van der Waals surface area contributed by atoms with Gasteiger partial charge in [-0.05, 0) is 43.9 Å². The van der Waals surface area contributed by atoms with Gasteiger partial charge in [-0.1, -0.05) is 13.0 Å². The normalized spacial score (nSPS) is 17.8. The second-order valence-corrected chi connectivity index (χ2v) is 6.01. The Morgan fingerprint density at radius 1 is 1.54 bits per heavy atom. The molecule has 0 radical (unpaired) electrons. The fraction of sp³-hybridized carbons (Fsp3) is 0.556. The lowest BCUT2D eigenvalue weighted by molar-refractivity contribution is 0.0682. The summed E-state index contributed by atoms with van der Waals surface area (Å²) < 4.78 is 11.4. The molecule has 2 N–H and O–H groups in total. The van der Waals surface area contributed by atoms with Crippen LogP contribution in [0.1, 0.15) is 38.2 Å². The van der Waals surface area contributed by atoms with E-state index in [9.17, 15) is 4.79 Å². The SMILES string of the molecule is CC[C@H](CC#N)NC(=O)Nc1ccc(C)cc1OC[C@@H]1CCCO1. The number of urea groups is 1. The van der Waals surface area contributed by atoms with Gasteiger partial charge >= 0.3 is 6.03 Å². The molecule has 1 aromatic carbocycles. The smallest absolute Gasteiger partial charge is 0.319 e. The lowest BCUT2D eigenvalue weighted by Gasteiger charge is -2.18. The first-order valence-electron chi connectivity index (χ1n) is 8.42. The largest absolute Gasteiger partial charge is 0.489 e. The molecule has 6 nitrogen and oxygen atoms in total. The Morgan fingerprint density at radius 3 is 3.04 bits per heavy atom. The first kappa shape index (κ1) is 18.1. The highest BCUT2D eigenvalue weighted by molar-refractivity contribution is 5.91. The molecule has 2 atom stereocenters. The molecule has 2 rings (SSSR count). The van der Waals surface area contributed by atoms with E-state index in [4.69, 9.17) is 14.7 Å². The molecule has 0 bridgehead atoms. The van der Waals surface area contributed by atoms with Crippen LogP contribution in [0.2, 0.25) is 0 Å². The fourth-order valence-electron chi connectivity index (χ4n) is 2.56. The zero-order chi connectivity index (χ0) is 17.4. The minimum atomic E-state index is -0.331. The van der Waals surface area contributed by atoms with Gasteiger partial charge in [0.1, 0.15) is 12.4 Å². The minimum Gasteiger partial charge on any atom is -0.489 e. The average molecular weight is 331 g/mol. The van der Waals surface area contributed by atoms with Crippen LogP contribution >= 0.6 is 0 Å². The molecule has 1 heterocycles. The van der Waals surface area contributed by atoms with Crippen molar-refractivity contribution in [3.8, 4) is 11.8 Å². The second kappa shape index (κ2) is 9.14. The van der Waals surface area contributed by atoms with Gasteiger partial charge in [0.25, 0.3) is 0 Å². The van der Waals surface area contributed by atoms with E-state index in [1.807, 2.05) is 32.0 Å². The van der Waals surface area contributed by atoms with Crippen molar-refractivity contribution in [2.24, 2.45) is 0 Å². The second-order valence-electron chi connectivity index (χ2n) is 6.01. The van der Waals surface area contributed by atoms with E-state index in [-0.39, 0.29) is 18.2 Å². The van der Waals surface area contributed by atoms with E-state index >= 15 is 0 Å². The molecule has 1 aromatic rings. The van der Waals surface area contributed by atoms with Gasteiger partial charge in [-0.2, -0.15) is 5.26 Å². The number of ether oxygens (including phenoxy) is 2. The van der Waals surface area contributed by atoms with Crippen molar-refractivity contribution < 1.29 is 14.3 Å². The van der Waals surface area contributed by atoms with Crippen molar-refractivity contribution in [3.63, 3.8) is 0 Å². The fourth-order valence-corrected chi connectivity index (χ4v) is 2.56. The maximum Gasteiger partial charge on any atom is 0.319 e. The Kier molecular flexibility index (Phi) is 6.89. The molecule has 1 fully saturated rings. The Labute approximate surface area is 143 Å². The van der Waals surface area contributed by atoms with Gasteiger partial charge in [0.2, 0.25) is 0 Å². The quantitative estimate of drug-likeness (QED) is 0.802.